The van der Waals surface area contributed by atoms with Gasteiger partial charge in [0.05, 0.1) is 0 Å². The summed E-state index contributed by atoms with van der Waals surface area (Å²) in [5.74, 6) is 0. The summed E-state index contributed by atoms with van der Waals surface area (Å²) in [4.78, 5) is 14.7. The molecule has 0 unspecified atom stereocenters. The third-order valence-corrected chi connectivity index (χ3v) is 2.44. The number of hydrogen-bond acceptors (Lipinski definition) is 1. The number of benzene rings is 1. The minimum absolute atomic E-state index is 0.137. The Morgan fingerprint density at radius 1 is 1.13 bits per heavy atom. The lowest BCUT2D eigenvalue weighted by Gasteiger charge is -2.01. The van der Waals surface area contributed by atoms with E-state index >= 15 is 0 Å². The summed E-state index contributed by atoms with van der Waals surface area (Å²) in [5.41, 5.74) is 2.89. The van der Waals surface area contributed by atoms with E-state index in [2.05, 4.69) is 4.98 Å². The molecule has 1 aromatic heterocycles. The van der Waals surface area contributed by atoms with Crippen LogP contribution in [0.15, 0.2) is 47.5 Å². The molecule has 2 nitrogen and oxygen atoms in total. The Morgan fingerprint density at radius 2 is 1.87 bits per heavy atom. The van der Waals surface area contributed by atoms with Crippen LogP contribution in [0.1, 0.15) is 16.7 Å². The highest BCUT2D eigenvalue weighted by Gasteiger charge is 2.02. The molecule has 0 spiro atoms. The summed E-state index contributed by atoms with van der Waals surface area (Å²) >= 11 is 0. The van der Waals surface area contributed by atoms with Crippen LogP contribution in [0.2, 0.25) is 0 Å². The van der Waals surface area contributed by atoms with Crippen LogP contribution in [-0.4, -0.2) is 4.98 Å². The molecule has 0 bridgehead atoms. The fraction of sp³-hybridized carbons (Fsp3) is 0.154. The van der Waals surface area contributed by atoms with Crippen LogP contribution in [0.5, 0.6) is 0 Å². The highest BCUT2D eigenvalue weighted by molar-refractivity contribution is 5.26. The summed E-state index contributed by atoms with van der Waals surface area (Å²) in [6.45, 7) is 1.83. The fourth-order valence-corrected chi connectivity index (χ4v) is 1.60. The Morgan fingerprint density at radius 3 is 2.60 bits per heavy atom. The smallest absolute Gasteiger partial charge is 0.187 e. The highest BCUT2D eigenvalue weighted by Crippen LogP contribution is 2.04. The second-order valence-electron chi connectivity index (χ2n) is 3.66. The zero-order chi connectivity index (χ0) is 10.7. The maximum absolute atomic E-state index is 11.8. The normalized spacial score (nSPS) is 10.2. The SMILES string of the molecule is Cc1c[nH]cc(Cc2ccccc2)c1=O. The first kappa shape index (κ1) is 9.71. The molecular weight excluding hydrogens is 186 g/mol. The van der Waals surface area contributed by atoms with Crippen molar-refractivity contribution in [3.63, 3.8) is 0 Å². The quantitative estimate of drug-likeness (QED) is 0.790. The van der Waals surface area contributed by atoms with E-state index in [0.717, 1.165) is 16.7 Å². The zero-order valence-electron chi connectivity index (χ0n) is 8.66. The van der Waals surface area contributed by atoms with Gasteiger partial charge in [-0.05, 0) is 12.5 Å². The molecule has 0 saturated heterocycles. The molecule has 1 N–H and O–H groups in total. The maximum Gasteiger partial charge on any atom is 0.187 e. The van der Waals surface area contributed by atoms with E-state index in [0.29, 0.717) is 6.42 Å². The van der Waals surface area contributed by atoms with E-state index < -0.39 is 0 Å². The van der Waals surface area contributed by atoms with Gasteiger partial charge in [-0.2, -0.15) is 0 Å². The lowest BCUT2D eigenvalue weighted by atomic mass is 10.1. The predicted molar refractivity (Wildman–Crippen MR) is 61.0 cm³/mol. The van der Waals surface area contributed by atoms with Crippen LogP contribution in [0.3, 0.4) is 0 Å². The van der Waals surface area contributed by atoms with E-state index in [9.17, 15) is 4.79 Å². The van der Waals surface area contributed by atoms with Gasteiger partial charge in [0, 0.05) is 29.9 Å². The largest absolute Gasteiger partial charge is 0.367 e. The molecule has 2 rings (SSSR count). The molecule has 2 heteroatoms. The molecular formula is C13H13NO. The molecule has 0 radical (unpaired) electrons. The van der Waals surface area contributed by atoms with E-state index in [1.165, 1.54) is 0 Å². The van der Waals surface area contributed by atoms with Gasteiger partial charge in [0.25, 0.3) is 0 Å². The van der Waals surface area contributed by atoms with Crippen molar-refractivity contribution < 1.29 is 0 Å². The van der Waals surface area contributed by atoms with Gasteiger partial charge < -0.3 is 4.98 Å². The van der Waals surface area contributed by atoms with Crippen molar-refractivity contribution >= 4 is 0 Å². The van der Waals surface area contributed by atoms with Crippen molar-refractivity contribution in [2.24, 2.45) is 0 Å². The molecule has 1 heterocycles. The van der Waals surface area contributed by atoms with E-state index in [1.807, 2.05) is 37.3 Å². The average molecular weight is 199 g/mol. The van der Waals surface area contributed by atoms with Crippen molar-refractivity contribution in [1.82, 2.24) is 4.98 Å². The van der Waals surface area contributed by atoms with Crippen LogP contribution in [0.25, 0.3) is 0 Å². The zero-order valence-corrected chi connectivity index (χ0v) is 8.66. The van der Waals surface area contributed by atoms with Crippen molar-refractivity contribution in [2.75, 3.05) is 0 Å². The lowest BCUT2D eigenvalue weighted by Crippen LogP contribution is -2.12. The summed E-state index contributed by atoms with van der Waals surface area (Å²) in [6, 6.07) is 10.0. The van der Waals surface area contributed by atoms with E-state index in [1.54, 1.807) is 12.4 Å². The minimum Gasteiger partial charge on any atom is -0.367 e. The van der Waals surface area contributed by atoms with Crippen molar-refractivity contribution in [3.8, 4) is 0 Å². The molecule has 76 valence electrons. The second kappa shape index (κ2) is 4.13. The topological polar surface area (TPSA) is 32.9 Å². The molecule has 0 amide bonds. The molecule has 0 aliphatic carbocycles. The number of hydrogen-bond donors (Lipinski definition) is 1. The van der Waals surface area contributed by atoms with Gasteiger partial charge >= 0.3 is 0 Å². The van der Waals surface area contributed by atoms with Crippen LogP contribution >= 0.6 is 0 Å². The molecule has 15 heavy (non-hydrogen) atoms. The van der Waals surface area contributed by atoms with Gasteiger partial charge in [-0.3, -0.25) is 4.79 Å². The monoisotopic (exact) mass is 199 g/mol. The number of aryl methyl sites for hydroxylation is 1. The average Bonchev–Trinajstić information content (AvgIpc) is 2.26. The summed E-state index contributed by atoms with van der Waals surface area (Å²) in [6.07, 6.45) is 4.21. The molecule has 0 atom stereocenters. The van der Waals surface area contributed by atoms with Crippen molar-refractivity contribution in [1.29, 1.82) is 0 Å². The van der Waals surface area contributed by atoms with Gasteiger partial charge in [-0.25, -0.2) is 0 Å². The van der Waals surface area contributed by atoms with E-state index in [4.69, 9.17) is 0 Å². The number of H-pyrrole nitrogens is 1. The lowest BCUT2D eigenvalue weighted by molar-refractivity contribution is 1.09. The molecule has 0 fully saturated rings. The molecule has 0 aliphatic heterocycles. The van der Waals surface area contributed by atoms with Crippen LogP contribution in [0.4, 0.5) is 0 Å². The minimum atomic E-state index is 0.137. The number of aromatic amines is 1. The summed E-state index contributed by atoms with van der Waals surface area (Å²) in [5, 5.41) is 0. The van der Waals surface area contributed by atoms with Gasteiger partial charge in [0.1, 0.15) is 0 Å². The molecule has 0 saturated carbocycles. The van der Waals surface area contributed by atoms with E-state index in [-0.39, 0.29) is 5.43 Å². The Kier molecular flexibility index (Phi) is 2.68. The van der Waals surface area contributed by atoms with Crippen LogP contribution < -0.4 is 5.43 Å². The number of nitrogens with one attached hydrogen (secondary N) is 1. The maximum atomic E-state index is 11.8. The van der Waals surface area contributed by atoms with Crippen LogP contribution in [-0.2, 0) is 6.42 Å². The third kappa shape index (κ3) is 2.15. The van der Waals surface area contributed by atoms with Crippen molar-refractivity contribution in [2.45, 2.75) is 13.3 Å². The first-order valence-corrected chi connectivity index (χ1v) is 4.98. The Balaban J connectivity index is 2.33. The number of aromatic nitrogens is 1. The second-order valence-corrected chi connectivity index (χ2v) is 3.66. The highest BCUT2D eigenvalue weighted by atomic mass is 16.1. The van der Waals surface area contributed by atoms with Gasteiger partial charge in [0.15, 0.2) is 5.43 Å². The van der Waals surface area contributed by atoms with Gasteiger partial charge in [-0.15, -0.1) is 0 Å². The molecule has 1 aromatic carbocycles. The van der Waals surface area contributed by atoms with Crippen molar-refractivity contribution in [3.05, 3.63) is 69.6 Å². The van der Waals surface area contributed by atoms with Gasteiger partial charge in [-0.1, -0.05) is 30.3 Å². The Labute approximate surface area is 88.6 Å². The summed E-state index contributed by atoms with van der Waals surface area (Å²) in [7, 11) is 0. The first-order chi connectivity index (χ1) is 7.27. The molecule has 2 aromatic rings. The molecule has 0 aliphatic rings. The standard InChI is InChI=1S/C13H13NO/c1-10-8-14-9-12(13(10)15)7-11-5-3-2-4-6-11/h2-6,8-9H,7H2,1H3,(H,14,15). The van der Waals surface area contributed by atoms with Crippen LogP contribution in [0, 0.1) is 6.92 Å². The fourth-order valence-electron chi connectivity index (χ4n) is 1.60. The number of rotatable bonds is 2. The number of pyridine rings is 1. The van der Waals surface area contributed by atoms with Gasteiger partial charge in [0.2, 0.25) is 0 Å². The summed E-state index contributed by atoms with van der Waals surface area (Å²) < 4.78 is 0. The Hall–Kier alpha value is -1.83. The first-order valence-electron chi connectivity index (χ1n) is 4.98. The predicted octanol–water partition coefficient (Wildman–Crippen LogP) is 2.27. The third-order valence-electron chi connectivity index (χ3n) is 2.44. The Bertz CT molecular complexity index is 499.